The van der Waals surface area contributed by atoms with E-state index in [4.69, 9.17) is 0 Å². The molecule has 3 N–H and O–H groups in total. The van der Waals surface area contributed by atoms with Crippen molar-refractivity contribution in [1.29, 1.82) is 0 Å². The summed E-state index contributed by atoms with van der Waals surface area (Å²) in [7, 11) is -3.41. The molecule has 1 aliphatic carbocycles. The first-order valence-corrected chi connectivity index (χ1v) is 10.1. The van der Waals surface area contributed by atoms with Gasteiger partial charge < -0.3 is 10.3 Å². The summed E-state index contributed by atoms with van der Waals surface area (Å²) in [5.41, 5.74) is 0.895. The van der Waals surface area contributed by atoms with Crippen LogP contribution in [-0.4, -0.2) is 37.5 Å². The first kappa shape index (κ1) is 16.9. The molecule has 0 saturated heterocycles. The minimum absolute atomic E-state index is 0.106. The summed E-state index contributed by atoms with van der Waals surface area (Å²) in [4.78, 5) is 3.35. The van der Waals surface area contributed by atoms with Crippen molar-refractivity contribution in [2.24, 2.45) is 0 Å². The quantitative estimate of drug-likeness (QED) is 0.606. The molecule has 0 unspecified atom stereocenters. The Kier molecular flexibility index (Phi) is 5.76. The molecular weight excluding hydrogens is 306 g/mol. The Morgan fingerprint density at radius 3 is 2.76 bits per heavy atom. The van der Waals surface area contributed by atoms with Gasteiger partial charge in [0.2, 0.25) is 10.0 Å². The number of rotatable bonds is 9. The molecule has 1 saturated carbocycles. The molecule has 21 heavy (non-hydrogen) atoms. The molecule has 0 bridgehead atoms. The summed E-state index contributed by atoms with van der Waals surface area (Å²) < 4.78 is 27.5. The van der Waals surface area contributed by atoms with Gasteiger partial charge in [-0.25, -0.2) is 13.1 Å². The van der Waals surface area contributed by atoms with Gasteiger partial charge in [0.25, 0.3) is 0 Å². The minimum atomic E-state index is -3.41. The predicted octanol–water partition coefficient (Wildman–Crippen LogP) is 2.08. The molecule has 1 aromatic rings. The molecule has 7 heteroatoms. The Morgan fingerprint density at radius 2 is 2.19 bits per heavy atom. The Hall–Kier alpha value is -0.500. The van der Waals surface area contributed by atoms with Gasteiger partial charge in [0.05, 0.1) is 4.90 Å². The lowest BCUT2D eigenvalue weighted by atomic mass is 9.84. The average molecular weight is 332 g/mol. The fourth-order valence-electron chi connectivity index (χ4n) is 2.41. The second kappa shape index (κ2) is 7.17. The van der Waals surface area contributed by atoms with Gasteiger partial charge in [0.15, 0.2) is 0 Å². The number of aromatic nitrogens is 1. The third kappa shape index (κ3) is 4.25. The van der Waals surface area contributed by atoms with E-state index in [9.17, 15) is 8.42 Å². The van der Waals surface area contributed by atoms with Crippen molar-refractivity contribution in [3.8, 4) is 0 Å². The van der Waals surface area contributed by atoms with Gasteiger partial charge in [-0.15, -0.1) is 0 Å². The molecule has 2 rings (SSSR count). The molecule has 0 aliphatic heterocycles. The third-order valence-electron chi connectivity index (χ3n) is 4.05. The smallest absolute Gasteiger partial charge is 0.242 e. The molecule has 1 aliphatic rings. The van der Waals surface area contributed by atoms with Crippen molar-refractivity contribution >= 4 is 21.8 Å². The van der Waals surface area contributed by atoms with Gasteiger partial charge in [-0.05, 0) is 38.1 Å². The van der Waals surface area contributed by atoms with Crippen molar-refractivity contribution in [3.05, 3.63) is 18.0 Å². The number of thioether (sulfide) groups is 1. The number of H-pyrrole nitrogens is 1. The molecule has 0 amide bonds. The monoisotopic (exact) mass is 331 g/mol. The van der Waals surface area contributed by atoms with Crippen LogP contribution >= 0.6 is 11.8 Å². The minimum Gasteiger partial charge on any atom is -0.363 e. The lowest BCUT2D eigenvalue weighted by Gasteiger charge is -2.40. The predicted molar refractivity (Wildman–Crippen MR) is 88.1 cm³/mol. The highest BCUT2D eigenvalue weighted by Crippen LogP contribution is 2.42. The summed E-state index contributed by atoms with van der Waals surface area (Å²) in [6.07, 6.45) is 8.06. The van der Waals surface area contributed by atoms with E-state index in [1.807, 2.05) is 0 Å². The normalized spacial score (nSPS) is 17.6. The van der Waals surface area contributed by atoms with Gasteiger partial charge >= 0.3 is 0 Å². The van der Waals surface area contributed by atoms with Crippen LogP contribution in [0.5, 0.6) is 0 Å². The fraction of sp³-hybridized carbons (Fsp3) is 0.714. The summed E-state index contributed by atoms with van der Waals surface area (Å²) in [6.45, 7) is 4.21. The van der Waals surface area contributed by atoms with Crippen molar-refractivity contribution in [2.75, 3.05) is 19.3 Å². The van der Waals surface area contributed by atoms with Crippen molar-refractivity contribution in [1.82, 2.24) is 15.0 Å². The summed E-state index contributed by atoms with van der Waals surface area (Å²) in [5, 5.41) is 3.25. The van der Waals surface area contributed by atoms with Crippen LogP contribution in [0.1, 0.15) is 38.3 Å². The van der Waals surface area contributed by atoms with E-state index >= 15 is 0 Å². The van der Waals surface area contributed by atoms with E-state index < -0.39 is 10.0 Å². The van der Waals surface area contributed by atoms with Crippen LogP contribution in [0, 0.1) is 0 Å². The zero-order valence-corrected chi connectivity index (χ0v) is 14.4. The zero-order valence-electron chi connectivity index (χ0n) is 12.7. The summed E-state index contributed by atoms with van der Waals surface area (Å²) in [5.74, 6) is 0. The van der Waals surface area contributed by atoms with Gasteiger partial charge in [0.1, 0.15) is 0 Å². The van der Waals surface area contributed by atoms with Crippen molar-refractivity contribution in [2.45, 2.75) is 48.8 Å². The largest absolute Gasteiger partial charge is 0.363 e. The van der Waals surface area contributed by atoms with E-state index in [0.717, 1.165) is 31.5 Å². The average Bonchev–Trinajstić information content (AvgIpc) is 2.88. The maximum absolute atomic E-state index is 12.3. The van der Waals surface area contributed by atoms with E-state index in [-0.39, 0.29) is 4.75 Å². The lowest BCUT2D eigenvalue weighted by molar-refractivity contribution is 0.362. The number of aromatic amines is 1. The molecule has 0 aromatic carbocycles. The molecule has 0 radical (unpaired) electrons. The number of sulfonamides is 1. The SMILES string of the molecule is CCCNCc1cc(S(=O)(=O)NCC2(SC)CCC2)c[nH]1. The molecular formula is C14H25N3O2S2. The number of hydrogen-bond acceptors (Lipinski definition) is 4. The molecule has 1 aromatic heterocycles. The second-order valence-corrected chi connectivity index (χ2v) is 8.64. The van der Waals surface area contributed by atoms with Crippen LogP contribution < -0.4 is 10.0 Å². The van der Waals surface area contributed by atoms with E-state index in [1.54, 1.807) is 24.0 Å². The van der Waals surface area contributed by atoms with Gasteiger partial charge in [0, 0.05) is 29.7 Å². The van der Waals surface area contributed by atoms with Gasteiger partial charge in [-0.3, -0.25) is 0 Å². The van der Waals surface area contributed by atoms with Crippen LogP contribution in [0.25, 0.3) is 0 Å². The summed E-state index contributed by atoms with van der Waals surface area (Å²) in [6, 6.07) is 1.71. The molecule has 1 heterocycles. The van der Waals surface area contributed by atoms with Crippen molar-refractivity contribution < 1.29 is 8.42 Å². The zero-order chi connectivity index (χ0) is 15.3. The highest BCUT2D eigenvalue weighted by molar-refractivity contribution is 8.00. The standard InChI is InChI=1S/C14H25N3O2S2/c1-3-7-15-9-12-8-13(10-16-12)21(18,19)17-11-14(20-2)5-4-6-14/h8,10,15-17H,3-7,9,11H2,1-2H3. The second-order valence-electron chi connectivity index (χ2n) is 5.60. The third-order valence-corrected chi connectivity index (χ3v) is 6.85. The first-order chi connectivity index (χ1) is 10.0. The maximum Gasteiger partial charge on any atom is 0.242 e. The molecule has 5 nitrogen and oxygen atoms in total. The van der Waals surface area contributed by atoms with Crippen LogP contribution in [0.4, 0.5) is 0 Å². The van der Waals surface area contributed by atoms with Crippen LogP contribution in [0.3, 0.4) is 0 Å². The Bertz CT molecular complexity index is 545. The Morgan fingerprint density at radius 1 is 1.43 bits per heavy atom. The van der Waals surface area contributed by atoms with E-state index in [1.165, 1.54) is 6.42 Å². The molecule has 0 spiro atoms. The highest BCUT2D eigenvalue weighted by Gasteiger charge is 2.37. The first-order valence-electron chi connectivity index (χ1n) is 7.44. The van der Waals surface area contributed by atoms with Crippen LogP contribution in [-0.2, 0) is 16.6 Å². The maximum atomic E-state index is 12.3. The van der Waals surface area contributed by atoms with E-state index in [2.05, 4.69) is 28.2 Å². The topological polar surface area (TPSA) is 74.0 Å². The molecule has 1 fully saturated rings. The lowest BCUT2D eigenvalue weighted by Crippen LogP contribution is -2.45. The number of nitrogens with one attached hydrogen (secondary N) is 3. The highest BCUT2D eigenvalue weighted by atomic mass is 32.2. The van der Waals surface area contributed by atoms with E-state index in [0.29, 0.717) is 18.0 Å². The Labute approximate surface area is 131 Å². The fourth-order valence-corrected chi connectivity index (χ4v) is 4.56. The van der Waals surface area contributed by atoms with Crippen molar-refractivity contribution in [3.63, 3.8) is 0 Å². The van der Waals surface area contributed by atoms with Gasteiger partial charge in [-0.1, -0.05) is 13.3 Å². The molecule has 120 valence electrons. The summed E-state index contributed by atoms with van der Waals surface area (Å²) >= 11 is 1.77. The molecule has 0 atom stereocenters. The van der Waals surface area contributed by atoms with Crippen LogP contribution in [0.15, 0.2) is 17.2 Å². The van der Waals surface area contributed by atoms with Crippen LogP contribution in [0.2, 0.25) is 0 Å². The number of hydrogen-bond donors (Lipinski definition) is 3. The Balaban J connectivity index is 1.93. The van der Waals surface area contributed by atoms with Gasteiger partial charge in [-0.2, -0.15) is 11.8 Å².